The third-order valence-corrected chi connectivity index (χ3v) is 5.11. The minimum absolute atomic E-state index is 0. The number of hydrogen-bond donors (Lipinski definition) is 1. The smallest absolute Gasteiger partial charge is 0.239 e. The van der Waals surface area contributed by atoms with Gasteiger partial charge in [0.05, 0.1) is 6.04 Å². The van der Waals surface area contributed by atoms with E-state index in [9.17, 15) is 4.79 Å². The van der Waals surface area contributed by atoms with Gasteiger partial charge in [-0.15, -0.1) is 12.4 Å². The Bertz CT molecular complexity index is 508. The second-order valence-corrected chi connectivity index (χ2v) is 6.79. The number of halogens is 1. The van der Waals surface area contributed by atoms with Crippen LogP contribution in [0.15, 0.2) is 30.3 Å². The van der Waals surface area contributed by atoms with Crippen LogP contribution < -0.4 is 5.73 Å². The topological polar surface area (TPSA) is 49.6 Å². The highest BCUT2D eigenvalue weighted by atomic mass is 35.5. The van der Waals surface area contributed by atoms with Gasteiger partial charge in [-0.2, -0.15) is 0 Å². The average Bonchev–Trinajstić information content (AvgIpc) is 2.55. The van der Waals surface area contributed by atoms with Gasteiger partial charge in [-0.3, -0.25) is 9.69 Å². The summed E-state index contributed by atoms with van der Waals surface area (Å²) in [5, 5.41) is 0. The third-order valence-electron chi connectivity index (χ3n) is 5.11. The first kappa shape index (κ1) is 18.2. The van der Waals surface area contributed by atoms with Gasteiger partial charge in [0.25, 0.3) is 0 Å². The Morgan fingerprint density at radius 3 is 2.70 bits per heavy atom. The lowest BCUT2D eigenvalue weighted by Crippen LogP contribution is -2.56. The summed E-state index contributed by atoms with van der Waals surface area (Å²) in [7, 11) is 0. The summed E-state index contributed by atoms with van der Waals surface area (Å²) in [6.07, 6.45) is 3.54. The number of amides is 1. The van der Waals surface area contributed by atoms with Crippen LogP contribution >= 0.6 is 12.4 Å². The molecule has 0 saturated carbocycles. The number of carbonyl (C=O) groups is 1. The van der Waals surface area contributed by atoms with Crippen molar-refractivity contribution in [2.45, 2.75) is 44.8 Å². The number of hydrogen-bond acceptors (Lipinski definition) is 3. The second kappa shape index (κ2) is 8.13. The van der Waals surface area contributed by atoms with Gasteiger partial charge < -0.3 is 10.6 Å². The van der Waals surface area contributed by atoms with Crippen LogP contribution in [0.5, 0.6) is 0 Å². The number of nitrogens with zero attached hydrogens (tertiary/aromatic N) is 2. The molecular weight excluding hydrogens is 310 g/mol. The summed E-state index contributed by atoms with van der Waals surface area (Å²) in [6, 6.07) is 10.9. The molecule has 23 heavy (non-hydrogen) atoms. The van der Waals surface area contributed by atoms with Crippen molar-refractivity contribution in [1.82, 2.24) is 9.80 Å². The van der Waals surface area contributed by atoms with Gasteiger partial charge in [0.2, 0.25) is 5.91 Å². The number of piperidine rings is 2. The van der Waals surface area contributed by atoms with Crippen LogP contribution in [0.3, 0.4) is 0 Å². The van der Waals surface area contributed by atoms with E-state index in [0.717, 1.165) is 26.1 Å². The zero-order valence-electron chi connectivity index (χ0n) is 13.9. The lowest BCUT2D eigenvalue weighted by Gasteiger charge is -2.47. The Balaban J connectivity index is 0.00000192. The van der Waals surface area contributed by atoms with Crippen molar-refractivity contribution in [3.05, 3.63) is 35.9 Å². The van der Waals surface area contributed by atoms with E-state index in [4.69, 9.17) is 5.73 Å². The van der Waals surface area contributed by atoms with Crippen molar-refractivity contribution in [2.75, 3.05) is 19.6 Å². The maximum atomic E-state index is 12.1. The lowest BCUT2D eigenvalue weighted by molar-refractivity contribution is -0.136. The number of carbonyl (C=O) groups excluding carboxylic acids is 1. The van der Waals surface area contributed by atoms with Gasteiger partial charge in [-0.1, -0.05) is 30.3 Å². The molecule has 1 aromatic rings. The fourth-order valence-electron chi connectivity index (χ4n) is 4.01. The van der Waals surface area contributed by atoms with Crippen LogP contribution in [0, 0.1) is 5.92 Å². The first-order chi connectivity index (χ1) is 10.6. The summed E-state index contributed by atoms with van der Waals surface area (Å²) in [4.78, 5) is 16.7. The van der Waals surface area contributed by atoms with Gasteiger partial charge in [0, 0.05) is 25.7 Å². The predicted octanol–water partition coefficient (Wildman–Crippen LogP) is 2.27. The second-order valence-electron chi connectivity index (χ2n) is 6.79. The molecule has 4 nitrogen and oxygen atoms in total. The Morgan fingerprint density at radius 1 is 1.26 bits per heavy atom. The molecule has 2 N–H and O–H groups in total. The Labute approximate surface area is 145 Å². The molecule has 128 valence electrons. The third kappa shape index (κ3) is 4.25. The molecule has 2 unspecified atom stereocenters. The highest BCUT2D eigenvalue weighted by molar-refractivity contribution is 5.85. The molecule has 1 amide bonds. The number of fused-ring (bicyclic) bond motifs is 1. The fraction of sp³-hybridized carbons (Fsp3) is 0.611. The van der Waals surface area contributed by atoms with Crippen LogP contribution in [0.4, 0.5) is 0 Å². The van der Waals surface area contributed by atoms with Crippen molar-refractivity contribution in [3.63, 3.8) is 0 Å². The van der Waals surface area contributed by atoms with E-state index in [2.05, 4.69) is 35.2 Å². The molecule has 3 rings (SSSR count). The SMILES string of the molecule is C[C@@H](N)C(=O)N1CCC2C(CCCN2Cc2ccccc2)C1.Cl. The number of nitrogens with two attached hydrogens (primary N) is 1. The summed E-state index contributed by atoms with van der Waals surface area (Å²) in [6.45, 7) is 5.74. The van der Waals surface area contributed by atoms with Crippen molar-refractivity contribution in [2.24, 2.45) is 11.7 Å². The molecule has 2 aliphatic rings. The van der Waals surface area contributed by atoms with Crippen LogP contribution in [0.2, 0.25) is 0 Å². The summed E-state index contributed by atoms with van der Waals surface area (Å²) in [5.41, 5.74) is 7.15. The summed E-state index contributed by atoms with van der Waals surface area (Å²) >= 11 is 0. The zero-order chi connectivity index (χ0) is 15.5. The Morgan fingerprint density at radius 2 is 2.00 bits per heavy atom. The molecule has 2 fully saturated rings. The van der Waals surface area contributed by atoms with Crippen molar-refractivity contribution < 1.29 is 4.79 Å². The Kier molecular flexibility index (Phi) is 6.45. The van der Waals surface area contributed by atoms with E-state index in [-0.39, 0.29) is 24.4 Å². The van der Waals surface area contributed by atoms with Crippen molar-refractivity contribution >= 4 is 18.3 Å². The van der Waals surface area contributed by atoms with Gasteiger partial charge >= 0.3 is 0 Å². The first-order valence-electron chi connectivity index (χ1n) is 8.47. The molecule has 2 saturated heterocycles. The summed E-state index contributed by atoms with van der Waals surface area (Å²) < 4.78 is 0. The molecule has 5 heteroatoms. The van der Waals surface area contributed by atoms with E-state index in [0.29, 0.717) is 12.0 Å². The maximum Gasteiger partial charge on any atom is 0.239 e. The number of rotatable bonds is 3. The molecule has 0 aliphatic carbocycles. The molecule has 3 atom stereocenters. The van der Waals surface area contributed by atoms with Gasteiger partial charge in [-0.25, -0.2) is 0 Å². The zero-order valence-corrected chi connectivity index (χ0v) is 14.7. The van der Waals surface area contributed by atoms with E-state index in [1.807, 2.05) is 4.90 Å². The molecular formula is C18H28ClN3O. The molecule has 0 bridgehead atoms. The highest BCUT2D eigenvalue weighted by Crippen LogP contribution is 2.31. The van der Waals surface area contributed by atoms with Gasteiger partial charge in [0.1, 0.15) is 0 Å². The lowest BCUT2D eigenvalue weighted by atomic mass is 9.83. The van der Waals surface area contributed by atoms with Crippen LogP contribution in [0.1, 0.15) is 31.7 Å². The number of likely N-dealkylation sites (tertiary alicyclic amines) is 2. The minimum atomic E-state index is -0.374. The predicted molar refractivity (Wildman–Crippen MR) is 95.5 cm³/mol. The van der Waals surface area contributed by atoms with Crippen LogP contribution in [0.25, 0.3) is 0 Å². The van der Waals surface area contributed by atoms with Crippen molar-refractivity contribution in [3.8, 4) is 0 Å². The average molecular weight is 338 g/mol. The quantitative estimate of drug-likeness (QED) is 0.920. The molecule has 0 aromatic heterocycles. The molecule has 1 aromatic carbocycles. The largest absolute Gasteiger partial charge is 0.341 e. The molecule has 2 aliphatic heterocycles. The first-order valence-corrected chi connectivity index (χ1v) is 8.47. The number of benzene rings is 1. The van der Waals surface area contributed by atoms with Crippen molar-refractivity contribution in [1.29, 1.82) is 0 Å². The van der Waals surface area contributed by atoms with E-state index in [1.165, 1.54) is 24.9 Å². The summed E-state index contributed by atoms with van der Waals surface area (Å²) in [5.74, 6) is 0.715. The minimum Gasteiger partial charge on any atom is -0.341 e. The monoisotopic (exact) mass is 337 g/mol. The standard InChI is InChI=1S/C18H27N3O.ClH/c1-14(19)18(22)21-11-9-17-16(13-21)8-5-10-20(17)12-15-6-3-2-4-7-15;/h2-4,6-7,14,16-17H,5,8-13,19H2,1H3;1H/t14-,16?,17?;/m1./s1. The fourth-order valence-corrected chi connectivity index (χ4v) is 4.01. The normalized spacial score (nSPS) is 26.1. The van der Waals surface area contributed by atoms with Gasteiger partial charge in [0.15, 0.2) is 0 Å². The molecule has 0 spiro atoms. The Hall–Kier alpha value is -1.10. The highest BCUT2D eigenvalue weighted by Gasteiger charge is 2.37. The van der Waals surface area contributed by atoms with E-state index in [1.54, 1.807) is 6.92 Å². The van der Waals surface area contributed by atoms with E-state index < -0.39 is 0 Å². The molecule has 2 heterocycles. The van der Waals surface area contributed by atoms with Gasteiger partial charge in [-0.05, 0) is 44.2 Å². The van der Waals surface area contributed by atoms with E-state index >= 15 is 0 Å². The molecule has 0 radical (unpaired) electrons. The van der Waals surface area contributed by atoms with Crippen LogP contribution in [-0.2, 0) is 11.3 Å². The van der Waals surface area contributed by atoms with Crippen LogP contribution in [-0.4, -0.2) is 47.4 Å². The maximum absolute atomic E-state index is 12.1.